The molecule has 0 bridgehead atoms. The van der Waals surface area contributed by atoms with Crippen LogP contribution in [0.25, 0.3) is 5.57 Å². The summed E-state index contributed by atoms with van der Waals surface area (Å²) in [6.07, 6.45) is 4.08. The first-order valence-electron chi connectivity index (χ1n) is 4.24. The van der Waals surface area contributed by atoms with E-state index in [1.165, 1.54) is 0 Å². The fourth-order valence-electron chi connectivity index (χ4n) is 1.11. The fraction of sp³-hybridized carbons (Fsp3) is 0.0833. The van der Waals surface area contributed by atoms with E-state index in [4.69, 9.17) is 4.74 Å². The summed E-state index contributed by atoms with van der Waals surface area (Å²) in [6.45, 7) is 3.55. The molecule has 0 aliphatic carbocycles. The van der Waals surface area contributed by atoms with Crippen LogP contribution in [-0.2, 0) is 4.79 Å². The van der Waals surface area contributed by atoms with Crippen LogP contribution in [0, 0.1) is 0 Å². The first kappa shape index (κ1) is 10.3. The zero-order valence-electron chi connectivity index (χ0n) is 8.07. The van der Waals surface area contributed by atoms with E-state index in [1.54, 1.807) is 19.3 Å². The Morgan fingerprint density at radius 1 is 1.36 bits per heavy atom. The normalized spacial score (nSPS) is 10.8. The molecular formula is C12H12O2. The van der Waals surface area contributed by atoms with Crippen LogP contribution in [0.3, 0.4) is 0 Å². The molecule has 0 unspecified atom stereocenters. The van der Waals surface area contributed by atoms with Crippen molar-refractivity contribution in [2.24, 2.45) is 0 Å². The molecule has 0 heterocycles. The number of ether oxygens (including phenoxy) is 1. The molecule has 0 aliphatic heterocycles. The third-order valence-electron chi connectivity index (χ3n) is 1.85. The van der Waals surface area contributed by atoms with Crippen LogP contribution in [0.5, 0.6) is 5.75 Å². The zero-order valence-corrected chi connectivity index (χ0v) is 8.07. The Bertz CT molecular complexity index is 347. The Kier molecular flexibility index (Phi) is 3.68. The Balaban J connectivity index is 3.00. The molecule has 1 aromatic carbocycles. The van der Waals surface area contributed by atoms with Crippen LogP contribution >= 0.6 is 0 Å². The average Bonchev–Trinajstić information content (AvgIpc) is 2.26. The highest BCUT2D eigenvalue weighted by Crippen LogP contribution is 2.16. The molecule has 0 radical (unpaired) electrons. The smallest absolute Gasteiger partial charge is 0.150 e. The van der Waals surface area contributed by atoms with Crippen molar-refractivity contribution >= 4 is 11.9 Å². The van der Waals surface area contributed by atoms with E-state index in [9.17, 15) is 4.79 Å². The van der Waals surface area contributed by atoms with Gasteiger partial charge in [0.25, 0.3) is 0 Å². The summed E-state index contributed by atoms with van der Waals surface area (Å²) in [5.41, 5.74) is 1.48. The van der Waals surface area contributed by atoms with Crippen molar-refractivity contribution < 1.29 is 9.53 Å². The maximum atomic E-state index is 10.7. The second-order valence-corrected chi connectivity index (χ2v) is 2.70. The molecule has 0 amide bonds. The minimum Gasteiger partial charge on any atom is -0.497 e. The van der Waals surface area contributed by atoms with Crippen molar-refractivity contribution in [3.63, 3.8) is 0 Å². The molecule has 0 saturated heterocycles. The van der Waals surface area contributed by atoms with Gasteiger partial charge in [-0.2, -0.15) is 0 Å². The summed E-state index contributed by atoms with van der Waals surface area (Å²) < 4.78 is 5.01. The second-order valence-electron chi connectivity index (χ2n) is 2.70. The van der Waals surface area contributed by atoms with Crippen LogP contribution in [-0.4, -0.2) is 13.4 Å². The summed E-state index contributed by atoms with van der Waals surface area (Å²) >= 11 is 0. The molecule has 0 aromatic heterocycles. The van der Waals surface area contributed by atoms with Gasteiger partial charge < -0.3 is 4.74 Å². The molecule has 14 heavy (non-hydrogen) atoms. The van der Waals surface area contributed by atoms with Crippen molar-refractivity contribution in [1.82, 2.24) is 0 Å². The van der Waals surface area contributed by atoms with E-state index in [0.29, 0.717) is 5.57 Å². The highest BCUT2D eigenvalue weighted by Gasteiger charge is 1.98. The number of allylic oxidation sites excluding steroid dienone is 3. The summed E-state index contributed by atoms with van der Waals surface area (Å²) in [4.78, 5) is 10.7. The number of aldehydes is 1. The van der Waals surface area contributed by atoms with Crippen LogP contribution in [0.4, 0.5) is 0 Å². The minimum absolute atomic E-state index is 0.614. The summed E-state index contributed by atoms with van der Waals surface area (Å²) in [7, 11) is 1.61. The van der Waals surface area contributed by atoms with Gasteiger partial charge in [-0.3, -0.25) is 4.79 Å². The van der Waals surface area contributed by atoms with Crippen LogP contribution in [0.1, 0.15) is 5.56 Å². The summed E-state index contributed by atoms with van der Waals surface area (Å²) in [5, 5.41) is 0. The molecule has 2 heteroatoms. The van der Waals surface area contributed by atoms with Crippen LogP contribution in [0.2, 0.25) is 0 Å². The van der Waals surface area contributed by atoms with E-state index < -0.39 is 0 Å². The third kappa shape index (κ3) is 2.33. The standard InChI is InChI=1S/C12H12O2/c1-3-4-11(9-13)10-5-7-12(14-2)8-6-10/h3-9H,1H2,2H3/b11-4-. The number of carbonyl (C=O) groups is 1. The molecule has 0 atom stereocenters. The van der Waals surface area contributed by atoms with Gasteiger partial charge in [0.2, 0.25) is 0 Å². The van der Waals surface area contributed by atoms with Crippen LogP contribution in [0.15, 0.2) is 43.0 Å². The summed E-state index contributed by atoms with van der Waals surface area (Å²) in [5.74, 6) is 0.776. The minimum atomic E-state index is 0.614. The van der Waals surface area contributed by atoms with Gasteiger partial charge in [-0.15, -0.1) is 0 Å². The number of hydrogen-bond acceptors (Lipinski definition) is 2. The van der Waals surface area contributed by atoms with Gasteiger partial charge in [0.05, 0.1) is 7.11 Å². The van der Waals surface area contributed by atoms with Gasteiger partial charge in [-0.05, 0) is 17.7 Å². The van der Waals surface area contributed by atoms with Gasteiger partial charge in [0.15, 0.2) is 6.29 Å². The number of methoxy groups -OCH3 is 1. The van der Waals surface area contributed by atoms with Crippen molar-refractivity contribution in [2.75, 3.05) is 7.11 Å². The SMILES string of the molecule is C=C/C=C(/C=O)c1ccc(OC)cc1. The molecule has 0 spiro atoms. The van der Waals surface area contributed by atoms with E-state index in [0.717, 1.165) is 17.6 Å². The maximum absolute atomic E-state index is 10.7. The molecule has 0 aliphatic rings. The highest BCUT2D eigenvalue weighted by atomic mass is 16.5. The molecule has 0 N–H and O–H groups in total. The lowest BCUT2D eigenvalue weighted by molar-refractivity contribution is -0.103. The molecule has 2 nitrogen and oxygen atoms in total. The van der Waals surface area contributed by atoms with Crippen molar-refractivity contribution in [3.8, 4) is 5.75 Å². The Morgan fingerprint density at radius 3 is 2.43 bits per heavy atom. The first-order valence-corrected chi connectivity index (χ1v) is 4.24. The van der Waals surface area contributed by atoms with Gasteiger partial charge in [0.1, 0.15) is 5.75 Å². The Morgan fingerprint density at radius 2 is 2.00 bits per heavy atom. The molecule has 0 saturated carbocycles. The van der Waals surface area contributed by atoms with E-state index >= 15 is 0 Å². The van der Waals surface area contributed by atoms with E-state index in [2.05, 4.69) is 6.58 Å². The van der Waals surface area contributed by atoms with Crippen molar-refractivity contribution in [2.45, 2.75) is 0 Å². The highest BCUT2D eigenvalue weighted by molar-refractivity contribution is 6.07. The molecule has 1 rings (SSSR count). The Labute approximate surface area is 83.5 Å². The molecule has 0 fully saturated rings. The lowest BCUT2D eigenvalue weighted by Crippen LogP contribution is -1.86. The number of rotatable bonds is 4. The average molecular weight is 188 g/mol. The largest absolute Gasteiger partial charge is 0.497 e. The van der Waals surface area contributed by atoms with Gasteiger partial charge >= 0.3 is 0 Å². The van der Waals surface area contributed by atoms with Crippen molar-refractivity contribution in [1.29, 1.82) is 0 Å². The van der Waals surface area contributed by atoms with Gasteiger partial charge in [-0.25, -0.2) is 0 Å². The lowest BCUT2D eigenvalue weighted by Gasteiger charge is -2.01. The predicted octanol–water partition coefficient (Wildman–Crippen LogP) is 2.46. The predicted molar refractivity (Wildman–Crippen MR) is 57.2 cm³/mol. The van der Waals surface area contributed by atoms with E-state index in [1.807, 2.05) is 24.3 Å². The monoisotopic (exact) mass is 188 g/mol. The summed E-state index contributed by atoms with van der Waals surface area (Å²) in [6, 6.07) is 7.30. The van der Waals surface area contributed by atoms with Gasteiger partial charge in [-0.1, -0.05) is 30.9 Å². The van der Waals surface area contributed by atoms with E-state index in [-0.39, 0.29) is 0 Å². The zero-order chi connectivity index (χ0) is 10.4. The molecule has 72 valence electrons. The lowest BCUT2D eigenvalue weighted by atomic mass is 10.1. The number of hydrogen-bond donors (Lipinski definition) is 0. The molecule has 1 aromatic rings. The van der Waals surface area contributed by atoms with Gasteiger partial charge in [0, 0.05) is 5.57 Å². The fourth-order valence-corrected chi connectivity index (χ4v) is 1.11. The second kappa shape index (κ2) is 5.02. The number of benzene rings is 1. The van der Waals surface area contributed by atoms with Crippen LogP contribution < -0.4 is 4.74 Å². The molecular weight excluding hydrogens is 176 g/mol. The maximum Gasteiger partial charge on any atom is 0.150 e. The quantitative estimate of drug-likeness (QED) is 0.412. The van der Waals surface area contributed by atoms with Crippen molar-refractivity contribution in [3.05, 3.63) is 48.6 Å². The number of carbonyl (C=O) groups excluding carboxylic acids is 1. The first-order chi connectivity index (χ1) is 6.81. The topological polar surface area (TPSA) is 26.3 Å². The Hall–Kier alpha value is -1.83. The third-order valence-corrected chi connectivity index (χ3v) is 1.85.